The molecular weight excluding hydrogens is 388 g/mol. The van der Waals surface area contributed by atoms with Crippen molar-refractivity contribution in [3.8, 4) is 11.1 Å². The summed E-state index contributed by atoms with van der Waals surface area (Å²) in [4.78, 5) is 47.5. The molecule has 0 saturated carbocycles. The van der Waals surface area contributed by atoms with Crippen LogP contribution in [-0.4, -0.2) is 29.4 Å². The van der Waals surface area contributed by atoms with Crippen LogP contribution in [-0.2, 0) is 25.6 Å². The monoisotopic (exact) mass is 404 g/mol. The largest absolute Gasteiger partial charge is 0.289 e. The fourth-order valence-corrected chi connectivity index (χ4v) is 4.29. The number of hydrogen-bond donors (Lipinski definition) is 2. The Bertz CT molecular complexity index is 1120. The van der Waals surface area contributed by atoms with Crippen molar-refractivity contribution in [3.63, 3.8) is 0 Å². The molecule has 0 spiro atoms. The van der Waals surface area contributed by atoms with E-state index in [0.29, 0.717) is 23.3 Å². The lowest BCUT2D eigenvalue weighted by Gasteiger charge is -2.14. The molecule has 2 aromatic rings. The summed E-state index contributed by atoms with van der Waals surface area (Å²) >= 11 is 1.47. The fourth-order valence-electron chi connectivity index (χ4n) is 3.26. The van der Waals surface area contributed by atoms with Crippen LogP contribution in [0.2, 0.25) is 0 Å². The van der Waals surface area contributed by atoms with Gasteiger partial charge in [0.25, 0.3) is 23.6 Å². The lowest BCUT2D eigenvalue weighted by Crippen LogP contribution is -2.22. The zero-order valence-corrected chi connectivity index (χ0v) is 16.0. The molecule has 6 nitrogen and oxygen atoms in total. The maximum atomic E-state index is 11.9. The van der Waals surface area contributed by atoms with Gasteiger partial charge in [0.15, 0.2) is 0 Å². The zero-order chi connectivity index (χ0) is 20.4. The standard InChI is InChI=1S/C22H16N2O4S/c25-19-10-14(21(27)23-19)9-13-5-1-2-6-16(13)17-7-3-4-8-18(17)29-12-15-11-20(26)24-22(15)28/h1-8,10-11H,9,12H2,(H,23,25,27)(H,24,26,28). The Balaban J connectivity index is 1.63. The summed E-state index contributed by atoms with van der Waals surface area (Å²) in [5.74, 6) is -1.13. The van der Waals surface area contributed by atoms with Crippen molar-refractivity contribution in [3.05, 3.63) is 77.4 Å². The van der Waals surface area contributed by atoms with E-state index in [9.17, 15) is 19.2 Å². The number of imide groups is 2. The van der Waals surface area contributed by atoms with Gasteiger partial charge in [0.1, 0.15) is 0 Å². The minimum atomic E-state index is -0.393. The predicted octanol–water partition coefficient (Wildman–Crippen LogP) is 2.15. The minimum absolute atomic E-state index is 0.342. The van der Waals surface area contributed by atoms with Gasteiger partial charge in [0.05, 0.1) is 0 Å². The Labute approximate surface area is 171 Å². The molecule has 4 rings (SSSR count). The van der Waals surface area contributed by atoms with E-state index >= 15 is 0 Å². The van der Waals surface area contributed by atoms with Crippen molar-refractivity contribution in [2.45, 2.75) is 11.3 Å². The van der Waals surface area contributed by atoms with Crippen molar-refractivity contribution in [1.29, 1.82) is 0 Å². The second kappa shape index (κ2) is 7.89. The first-order valence-corrected chi connectivity index (χ1v) is 9.91. The van der Waals surface area contributed by atoms with Crippen molar-refractivity contribution in [2.24, 2.45) is 0 Å². The average molecular weight is 404 g/mol. The number of benzene rings is 2. The van der Waals surface area contributed by atoms with E-state index in [4.69, 9.17) is 0 Å². The van der Waals surface area contributed by atoms with Crippen LogP contribution in [0.3, 0.4) is 0 Å². The molecule has 0 fully saturated rings. The molecule has 29 heavy (non-hydrogen) atoms. The maximum Gasteiger partial charge on any atom is 0.255 e. The summed E-state index contributed by atoms with van der Waals surface area (Å²) in [6.45, 7) is 0. The molecule has 144 valence electrons. The Morgan fingerprint density at radius 2 is 1.28 bits per heavy atom. The van der Waals surface area contributed by atoms with Gasteiger partial charge in [0, 0.05) is 40.4 Å². The van der Waals surface area contributed by atoms with Gasteiger partial charge in [-0.25, -0.2) is 0 Å². The van der Waals surface area contributed by atoms with Gasteiger partial charge in [-0.2, -0.15) is 0 Å². The van der Waals surface area contributed by atoms with Gasteiger partial charge < -0.3 is 0 Å². The highest BCUT2D eigenvalue weighted by molar-refractivity contribution is 7.99. The first kappa shape index (κ1) is 18.9. The molecule has 0 unspecified atom stereocenters. The first-order chi connectivity index (χ1) is 14.0. The third kappa shape index (κ3) is 4.05. The summed E-state index contributed by atoms with van der Waals surface area (Å²) in [6, 6.07) is 15.5. The number of amides is 4. The van der Waals surface area contributed by atoms with Gasteiger partial charge in [-0.05, 0) is 22.8 Å². The highest BCUT2D eigenvalue weighted by Gasteiger charge is 2.23. The summed E-state index contributed by atoms with van der Waals surface area (Å²) < 4.78 is 0. The van der Waals surface area contributed by atoms with Crippen molar-refractivity contribution in [2.75, 3.05) is 5.75 Å². The van der Waals surface area contributed by atoms with Gasteiger partial charge in [0.2, 0.25) is 0 Å². The SMILES string of the molecule is O=C1C=C(CSc2ccccc2-c2ccccc2CC2=CC(=O)NC2=O)C(=O)N1. The van der Waals surface area contributed by atoms with Gasteiger partial charge in [-0.3, -0.25) is 29.8 Å². The summed E-state index contributed by atoms with van der Waals surface area (Å²) in [7, 11) is 0. The normalized spacial score (nSPS) is 15.9. The molecule has 7 heteroatoms. The number of hydrogen-bond acceptors (Lipinski definition) is 5. The quantitative estimate of drug-likeness (QED) is 0.569. The molecule has 0 radical (unpaired) electrons. The van der Waals surface area contributed by atoms with Crippen LogP contribution in [0.1, 0.15) is 5.56 Å². The van der Waals surface area contributed by atoms with E-state index < -0.39 is 5.91 Å². The van der Waals surface area contributed by atoms with Gasteiger partial charge >= 0.3 is 0 Å². The predicted molar refractivity (Wildman–Crippen MR) is 109 cm³/mol. The van der Waals surface area contributed by atoms with E-state index in [1.54, 1.807) is 0 Å². The third-order valence-electron chi connectivity index (χ3n) is 4.63. The summed E-state index contributed by atoms with van der Waals surface area (Å²) in [5, 5.41) is 4.52. The number of carbonyl (C=O) groups excluding carboxylic acids is 4. The van der Waals surface area contributed by atoms with Crippen LogP contribution in [0.15, 0.2) is 76.7 Å². The number of thioether (sulfide) groups is 1. The fraction of sp³-hybridized carbons (Fsp3) is 0.0909. The highest BCUT2D eigenvalue weighted by Crippen LogP contribution is 2.35. The molecule has 2 aliphatic heterocycles. The van der Waals surface area contributed by atoms with Gasteiger partial charge in [-0.15, -0.1) is 11.8 Å². The molecular formula is C22H16N2O4S. The van der Waals surface area contributed by atoms with Crippen molar-refractivity contribution >= 4 is 35.4 Å². The topological polar surface area (TPSA) is 92.3 Å². The summed E-state index contributed by atoms with van der Waals surface area (Å²) in [5.41, 5.74) is 3.70. The molecule has 2 aliphatic rings. The van der Waals surface area contributed by atoms with E-state index in [2.05, 4.69) is 10.6 Å². The first-order valence-electron chi connectivity index (χ1n) is 8.93. The molecule has 0 aromatic heterocycles. The van der Waals surface area contributed by atoms with E-state index in [1.165, 1.54) is 23.9 Å². The smallest absolute Gasteiger partial charge is 0.255 e. The summed E-state index contributed by atoms with van der Waals surface area (Å²) in [6.07, 6.45) is 3.00. The lowest BCUT2D eigenvalue weighted by molar-refractivity contribution is -0.125. The maximum absolute atomic E-state index is 11.9. The molecule has 2 N–H and O–H groups in total. The number of rotatable bonds is 6. The molecule has 2 aromatic carbocycles. The van der Waals surface area contributed by atoms with Crippen molar-refractivity contribution in [1.82, 2.24) is 10.6 Å². The van der Waals surface area contributed by atoms with E-state index in [-0.39, 0.29) is 17.7 Å². The lowest BCUT2D eigenvalue weighted by atomic mass is 9.95. The van der Waals surface area contributed by atoms with Gasteiger partial charge in [-0.1, -0.05) is 42.5 Å². The van der Waals surface area contributed by atoms with Crippen LogP contribution in [0, 0.1) is 0 Å². The molecule has 2 heterocycles. The van der Waals surface area contributed by atoms with Crippen molar-refractivity contribution < 1.29 is 19.2 Å². The minimum Gasteiger partial charge on any atom is -0.289 e. The molecule has 0 bridgehead atoms. The van der Waals surface area contributed by atoms with Crippen LogP contribution in [0.5, 0.6) is 0 Å². The average Bonchev–Trinajstić information content (AvgIpc) is 3.20. The molecule has 0 saturated heterocycles. The molecule has 0 atom stereocenters. The Morgan fingerprint density at radius 3 is 1.93 bits per heavy atom. The Morgan fingerprint density at radius 1 is 0.690 bits per heavy atom. The van der Waals surface area contributed by atoms with E-state index in [1.807, 2.05) is 48.5 Å². The second-order valence-electron chi connectivity index (χ2n) is 6.59. The highest BCUT2D eigenvalue weighted by atomic mass is 32.2. The van der Waals surface area contributed by atoms with Crippen LogP contribution in [0.4, 0.5) is 0 Å². The van der Waals surface area contributed by atoms with Crippen LogP contribution < -0.4 is 10.6 Å². The zero-order valence-electron chi connectivity index (χ0n) is 15.2. The third-order valence-corrected chi connectivity index (χ3v) is 5.75. The molecule has 4 amide bonds. The van der Waals surface area contributed by atoms with Crippen LogP contribution in [0.25, 0.3) is 11.1 Å². The number of carbonyl (C=O) groups is 4. The second-order valence-corrected chi connectivity index (χ2v) is 7.61. The number of nitrogens with one attached hydrogen (secondary N) is 2. The van der Waals surface area contributed by atoms with E-state index in [0.717, 1.165) is 21.6 Å². The Hall–Kier alpha value is -3.45. The van der Waals surface area contributed by atoms with Crippen LogP contribution >= 0.6 is 11.8 Å². The Kier molecular flexibility index (Phi) is 5.14. The molecule has 0 aliphatic carbocycles.